The predicted octanol–water partition coefficient (Wildman–Crippen LogP) is 1.25. The number of aromatic nitrogens is 1. The number of carbonyl (C=O) groups excluding carboxylic acids is 1. The molecule has 2 heterocycles. The molecule has 0 radical (unpaired) electrons. The van der Waals surface area contributed by atoms with E-state index in [4.69, 9.17) is 0 Å². The number of nitrogens with zero attached hydrogens (tertiary/aromatic N) is 3. The van der Waals surface area contributed by atoms with Gasteiger partial charge in [0.15, 0.2) is 0 Å². The molecule has 1 fully saturated rings. The van der Waals surface area contributed by atoms with Gasteiger partial charge in [0.1, 0.15) is 0 Å². The summed E-state index contributed by atoms with van der Waals surface area (Å²) in [5, 5.41) is 1.45. The molecule has 0 unspecified atom stereocenters. The van der Waals surface area contributed by atoms with Crippen molar-refractivity contribution in [3.05, 3.63) is 49.3 Å². The zero-order chi connectivity index (χ0) is 16.4. The van der Waals surface area contributed by atoms with E-state index in [9.17, 15) is 13.2 Å². The lowest BCUT2D eigenvalue weighted by atomic mass is 10.2. The Morgan fingerprint density at radius 1 is 1.17 bits per heavy atom. The van der Waals surface area contributed by atoms with Gasteiger partial charge in [-0.3, -0.25) is 9.78 Å². The lowest BCUT2D eigenvalue weighted by Gasteiger charge is -2.33. The van der Waals surface area contributed by atoms with Crippen LogP contribution in [0.3, 0.4) is 0 Å². The standard InChI is InChI=1S/C16H17N3O3S/c1-2-16(20)18-8-10-19(11-9-18)23(21,22)15-5-3-4-13-12-17-7-6-14(13)15/h2-7,12H,1,8-11H2. The van der Waals surface area contributed by atoms with E-state index >= 15 is 0 Å². The van der Waals surface area contributed by atoms with Crippen molar-refractivity contribution in [2.45, 2.75) is 4.90 Å². The van der Waals surface area contributed by atoms with Crippen molar-refractivity contribution in [1.82, 2.24) is 14.2 Å². The fourth-order valence-corrected chi connectivity index (χ4v) is 4.37. The van der Waals surface area contributed by atoms with Crippen LogP contribution in [0.5, 0.6) is 0 Å². The monoisotopic (exact) mass is 331 g/mol. The molecule has 3 rings (SSSR count). The summed E-state index contributed by atoms with van der Waals surface area (Å²) in [6, 6.07) is 6.87. The summed E-state index contributed by atoms with van der Waals surface area (Å²) >= 11 is 0. The predicted molar refractivity (Wildman–Crippen MR) is 87.3 cm³/mol. The van der Waals surface area contributed by atoms with Gasteiger partial charge < -0.3 is 4.90 Å². The molecule has 23 heavy (non-hydrogen) atoms. The highest BCUT2D eigenvalue weighted by atomic mass is 32.2. The average Bonchev–Trinajstić information content (AvgIpc) is 2.60. The molecule has 6 nitrogen and oxygen atoms in total. The largest absolute Gasteiger partial charge is 0.337 e. The van der Waals surface area contributed by atoms with Crippen LogP contribution in [-0.4, -0.2) is 54.7 Å². The van der Waals surface area contributed by atoms with Crippen LogP contribution in [0.15, 0.2) is 54.2 Å². The van der Waals surface area contributed by atoms with E-state index in [1.54, 1.807) is 35.5 Å². The van der Waals surface area contributed by atoms with Crippen LogP contribution in [0.1, 0.15) is 0 Å². The van der Waals surface area contributed by atoms with Gasteiger partial charge in [-0.25, -0.2) is 8.42 Å². The molecule has 0 aliphatic carbocycles. The van der Waals surface area contributed by atoms with E-state index in [2.05, 4.69) is 11.6 Å². The summed E-state index contributed by atoms with van der Waals surface area (Å²) in [6.07, 6.45) is 4.49. The number of sulfonamides is 1. The summed E-state index contributed by atoms with van der Waals surface area (Å²) in [5.41, 5.74) is 0. The van der Waals surface area contributed by atoms with Crippen molar-refractivity contribution < 1.29 is 13.2 Å². The quantitative estimate of drug-likeness (QED) is 0.794. The van der Waals surface area contributed by atoms with Gasteiger partial charge in [-0.1, -0.05) is 18.7 Å². The minimum atomic E-state index is -3.60. The molecule has 0 saturated carbocycles. The van der Waals surface area contributed by atoms with Gasteiger partial charge in [-0.05, 0) is 18.2 Å². The average molecular weight is 331 g/mol. The number of benzene rings is 1. The Hall–Kier alpha value is -2.25. The van der Waals surface area contributed by atoms with Crippen LogP contribution in [0.4, 0.5) is 0 Å². The van der Waals surface area contributed by atoms with Crippen LogP contribution < -0.4 is 0 Å². The van der Waals surface area contributed by atoms with Crippen LogP contribution in [0, 0.1) is 0 Å². The molecule has 2 aromatic rings. The second-order valence-electron chi connectivity index (χ2n) is 5.29. The number of hydrogen-bond donors (Lipinski definition) is 0. The number of fused-ring (bicyclic) bond motifs is 1. The normalized spacial score (nSPS) is 16.4. The van der Waals surface area contributed by atoms with Gasteiger partial charge in [0.25, 0.3) is 0 Å². The highest BCUT2D eigenvalue weighted by Gasteiger charge is 2.30. The second-order valence-corrected chi connectivity index (χ2v) is 7.19. The van der Waals surface area contributed by atoms with Crippen molar-refractivity contribution in [3.63, 3.8) is 0 Å². The Morgan fingerprint density at radius 2 is 1.91 bits per heavy atom. The van der Waals surface area contributed by atoms with Crippen LogP contribution in [0.2, 0.25) is 0 Å². The van der Waals surface area contributed by atoms with Crippen LogP contribution >= 0.6 is 0 Å². The molecular formula is C16H17N3O3S. The number of carbonyl (C=O) groups is 1. The van der Waals surface area contributed by atoms with Crippen molar-refractivity contribution >= 4 is 26.7 Å². The molecular weight excluding hydrogens is 314 g/mol. The van der Waals surface area contributed by atoms with Crippen molar-refractivity contribution in [1.29, 1.82) is 0 Å². The van der Waals surface area contributed by atoms with E-state index in [1.165, 1.54) is 10.4 Å². The molecule has 0 N–H and O–H groups in total. The van der Waals surface area contributed by atoms with Crippen molar-refractivity contribution in [2.75, 3.05) is 26.2 Å². The Labute approximate surface area is 135 Å². The fraction of sp³-hybridized carbons (Fsp3) is 0.250. The molecule has 0 bridgehead atoms. The second kappa shape index (κ2) is 6.10. The lowest BCUT2D eigenvalue weighted by molar-refractivity contribution is -0.127. The van der Waals surface area contributed by atoms with Gasteiger partial charge in [0.2, 0.25) is 15.9 Å². The molecule has 1 aromatic carbocycles. The maximum absolute atomic E-state index is 12.9. The molecule has 7 heteroatoms. The molecule has 1 aliphatic rings. The number of rotatable bonds is 3. The zero-order valence-corrected chi connectivity index (χ0v) is 13.4. The minimum Gasteiger partial charge on any atom is -0.337 e. The smallest absolute Gasteiger partial charge is 0.246 e. The maximum Gasteiger partial charge on any atom is 0.246 e. The molecule has 1 saturated heterocycles. The Kier molecular flexibility index (Phi) is 4.14. The van der Waals surface area contributed by atoms with E-state index < -0.39 is 10.0 Å². The van der Waals surface area contributed by atoms with Crippen molar-refractivity contribution in [2.24, 2.45) is 0 Å². The first-order chi connectivity index (χ1) is 11.0. The van der Waals surface area contributed by atoms with E-state index in [0.29, 0.717) is 18.5 Å². The molecule has 0 atom stereocenters. The first kappa shape index (κ1) is 15.6. The Bertz CT molecular complexity index is 851. The molecule has 1 amide bonds. The molecule has 0 spiro atoms. The first-order valence-corrected chi connectivity index (χ1v) is 8.72. The highest BCUT2D eigenvalue weighted by Crippen LogP contribution is 2.25. The third-order valence-corrected chi connectivity index (χ3v) is 5.94. The summed E-state index contributed by atoms with van der Waals surface area (Å²) in [7, 11) is -3.60. The van der Waals surface area contributed by atoms with Gasteiger partial charge >= 0.3 is 0 Å². The summed E-state index contributed by atoms with van der Waals surface area (Å²) in [5.74, 6) is -0.168. The Morgan fingerprint density at radius 3 is 2.61 bits per heavy atom. The number of amides is 1. The van der Waals surface area contributed by atoms with Gasteiger partial charge in [0, 0.05) is 49.3 Å². The van der Waals surface area contributed by atoms with Crippen LogP contribution in [-0.2, 0) is 14.8 Å². The number of hydrogen-bond acceptors (Lipinski definition) is 4. The Balaban J connectivity index is 1.90. The summed E-state index contributed by atoms with van der Waals surface area (Å²) in [4.78, 5) is 17.5. The summed E-state index contributed by atoms with van der Waals surface area (Å²) in [6.45, 7) is 4.76. The van der Waals surface area contributed by atoms with Gasteiger partial charge in [-0.2, -0.15) is 4.31 Å². The van der Waals surface area contributed by atoms with E-state index in [0.717, 1.165) is 5.39 Å². The number of pyridine rings is 1. The summed E-state index contributed by atoms with van der Waals surface area (Å²) < 4.78 is 27.3. The molecule has 1 aromatic heterocycles. The SMILES string of the molecule is C=CC(=O)N1CCN(S(=O)(=O)c2cccc3cnccc23)CC1. The maximum atomic E-state index is 12.9. The van der Waals surface area contributed by atoms with Gasteiger partial charge in [0.05, 0.1) is 4.90 Å². The lowest BCUT2D eigenvalue weighted by Crippen LogP contribution is -2.50. The zero-order valence-electron chi connectivity index (χ0n) is 12.6. The van der Waals surface area contributed by atoms with Gasteiger partial charge in [-0.15, -0.1) is 0 Å². The molecule has 1 aliphatic heterocycles. The van der Waals surface area contributed by atoms with E-state index in [-0.39, 0.29) is 23.9 Å². The number of piperazine rings is 1. The van der Waals surface area contributed by atoms with Crippen molar-refractivity contribution in [3.8, 4) is 0 Å². The third kappa shape index (κ3) is 2.85. The van der Waals surface area contributed by atoms with E-state index in [1.807, 2.05) is 6.07 Å². The van der Waals surface area contributed by atoms with Crippen LogP contribution in [0.25, 0.3) is 10.8 Å². The topological polar surface area (TPSA) is 70.6 Å². The highest BCUT2D eigenvalue weighted by molar-refractivity contribution is 7.89. The molecule has 120 valence electrons. The third-order valence-electron chi connectivity index (χ3n) is 3.98. The first-order valence-electron chi connectivity index (χ1n) is 7.28. The minimum absolute atomic E-state index is 0.168. The fourth-order valence-electron chi connectivity index (χ4n) is 2.73.